The largest absolute Gasteiger partial charge is 0.393 e. The van der Waals surface area contributed by atoms with Gasteiger partial charge in [-0.25, -0.2) is 15.0 Å². The smallest absolute Gasteiger partial charge is 0.369 e. The van der Waals surface area contributed by atoms with Gasteiger partial charge in [0.2, 0.25) is 0 Å². The van der Waals surface area contributed by atoms with Crippen molar-refractivity contribution in [2.75, 3.05) is 23.3 Å². The average Bonchev–Trinajstić information content (AvgIpc) is 3.38. The molecule has 1 amide bonds. The highest BCUT2D eigenvalue weighted by Gasteiger charge is 2.36. The highest BCUT2D eigenvalue weighted by atomic mass is 32.1. The molecule has 2 fully saturated rings. The number of pyridine rings is 1. The van der Waals surface area contributed by atoms with Crippen LogP contribution in [-0.4, -0.2) is 59.5 Å². The first-order chi connectivity index (χ1) is 18.8. The number of imidazole rings is 1. The van der Waals surface area contributed by atoms with Crippen LogP contribution in [0.1, 0.15) is 54.7 Å². The minimum atomic E-state index is -4.34. The van der Waals surface area contributed by atoms with Crippen molar-refractivity contribution in [1.82, 2.24) is 34.3 Å². The lowest BCUT2D eigenvalue weighted by molar-refractivity contribution is -0.172. The first-order valence-corrected chi connectivity index (χ1v) is 13.7. The number of thiazole rings is 1. The normalized spacial score (nSPS) is 16.6. The summed E-state index contributed by atoms with van der Waals surface area (Å²) in [6.45, 7) is 2.63. The van der Waals surface area contributed by atoms with Crippen molar-refractivity contribution >= 4 is 28.7 Å². The molecule has 1 saturated heterocycles. The highest BCUT2D eigenvalue weighted by Crippen LogP contribution is 2.39. The zero-order valence-electron chi connectivity index (χ0n) is 21.1. The predicted molar refractivity (Wildman–Crippen MR) is 139 cm³/mol. The van der Waals surface area contributed by atoms with E-state index in [1.54, 1.807) is 24.0 Å². The van der Waals surface area contributed by atoms with Crippen molar-refractivity contribution in [3.05, 3.63) is 47.9 Å². The van der Waals surface area contributed by atoms with Crippen LogP contribution in [0.15, 0.2) is 36.5 Å². The number of nitrogens with one attached hydrogen (secondary N) is 1. The van der Waals surface area contributed by atoms with Gasteiger partial charge in [-0.1, -0.05) is 6.92 Å². The molecule has 204 valence electrons. The third-order valence-corrected chi connectivity index (χ3v) is 7.84. The Kier molecular flexibility index (Phi) is 6.57. The van der Waals surface area contributed by atoms with Gasteiger partial charge in [-0.2, -0.15) is 13.2 Å². The molecule has 1 saturated carbocycles. The highest BCUT2D eigenvalue weighted by molar-refractivity contribution is 7.13. The van der Waals surface area contributed by atoms with Gasteiger partial charge in [-0.3, -0.25) is 4.79 Å². The van der Waals surface area contributed by atoms with Crippen molar-refractivity contribution in [2.24, 2.45) is 5.92 Å². The van der Waals surface area contributed by atoms with Crippen LogP contribution in [0.5, 0.6) is 0 Å². The molecule has 1 aliphatic heterocycles. The Morgan fingerprint density at radius 2 is 1.97 bits per heavy atom. The fourth-order valence-electron chi connectivity index (χ4n) is 4.60. The quantitative estimate of drug-likeness (QED) is 0.328. The topological polar surface area (TPSA) is 107 Å². The van der Waals surface area contributed by atoms with Crippen molar-refractivity contribution < 1.29 is 18.0 Å². The van der Waals surface area contributed by atoms with Gasteiger partial charge >= 0.3 is 6.18 Å². The van der Waals surface area contributed by atoms with Crippen LogP contribution in [0.3, 0.4) is 0 Å². The number of anilines is 2. The third kappa shape index (κ3) is 5.37. The summed E-state index contributed by atoms with van der Waals surface area (Å²) in [7, 11) is 0. The maximum Gasteiger partial charge on any atom is 0.393 e. The van der Waals surface area contributed by atoms with E-state index in [0.717, 1.165) is 74.1 Å². The number of amides is 1. The molecule has 14 heteroatoms. The first-order valence-electron chi connectivity index (χ1n) is 12.8. The summed E-state index contributed by atoms with van der Waals surface area (Å²) in [5.74, 6) is -1.06. The Balaban J connectivity index is 1.22. The van der Waals surface area contributed by atoms with E-state index in [-0.39, 0.29) is 23.9 Å². The Morgan fingerprint density at radius 3 is 2.72 bits per heavy atom. The van der Waals surface area contributed by atoms with E-state index >= 15 is 0 Å². The molecule has 0 bridgehead atoms. The molecule has 5 heterocycles. The van der Waals surface area contributed by atoms with Crippen molar-refractivity contribution in [3.63, 3.8) is 0 Å². The lowest BCUT2D eigenvalue weighted by atomic mass is 10.2. The molecular weight excluding hydrogens is 531 g/mol. The van der Waals surface area contributed by atoms with E-state index in [4.69, 9.17) is 0 Å². The fraction of sp³-hybridized carbons (Fsp3) is 0.440. The number of hydrogen-bond donors (Lipinski definition) is 1. The SMILES string of the molecule is CC(Cn1cnnc1-c1nc(NC(=O)c2cc(-n3cnc(C4CC4)c3)c(N3CCCC3)cn2)cs1)C(F)(F)F. The maximum absolute atomic E-state index is 13.2. The maximum atomic E-state index is 13.2. The third-order valence-electron chi connectivity index (χ3n) is 7.00. The number of halogens is 3. The second-order valence-corrected chi connectivity index (χ2v) is 10.8. The molecule has 4 aromatic heterocycles. The molecule has 0 radical (unpaired) electrons. The molecule has 1 unspecified atom stereocenters. The van der Waals surface area contributed by atoms with Crippen LogP contribution in [0.25, 0.3) is 16.5 Å². The summed E-state index contributed by atoms with van der Waals surface area (Å²) in [5, 5.41) is 12.4. The molecule has 10 nitrogen and oxygen atoms in total. The van der Waals surface area contributed by atoms with Crippen molar-refractivity contribution in [1.29, 1.82) is 0 Å². The lowest BCUT2D eigenvalue weighted by Crippen LogP contribution is -2.24. The van der Waals surface area contributed by atoms with Gasteiger partial charge in [-0.15, -0.1) is 21.5 Å². The van der Waals surface area contributed by atoms with Gasteiger partial charge in [0.25, 0.3) is 5.91 Å². The summed E-state index contributed by atoms with van der Waals surface area (Å²) in [6, 6.07) is 1.75. The Labute approximate surface area is 225 Å². The number of alkyl halides is 3. The Hall–Kier alpha value is -3.81. The van der Waals surface area contributed by atoms with Crippen LogP contribution in [-0.2, 0) is 6.54 Å². The molecule has 1 atom stereocenters. The van der Waals surface area contributed by atoms with E-state index in [9.17, 15) is 18.0 Å². The minimum Gasteiger partial charge on any atom is -0.369 e. The number of carbonyl (C=O) groups excluding carboxylic acids is 1. The standard InChI is InChI=1S/C25H26F3N9OS/c1-15(25(26,27)28)10-37-14-31-34-22(37)24-33-21(12-39-24)32-23(38)17-8-19(20(9-29-17)35-6-2-3-7-35)36-11-18(30-13-36)16-4-5-16/h8-9,11-16H,2-7,10H2,1H3,(H,32,38). The van der Waals surface area contributed by atoms with Gasteiger partial charge < -0.3 is 19.4 Å². The molecule has 1 aliphatic carbocycles. The molecule has 1 N–H and O–H groups in total. The number of rotatable bonds is 8. The zero-order valence-corrected chi connectivity index (χ0v) is 21.9. The van der Waals surface area contributed by atoms with Gasteiger partial charge in [0.1, 0.15) is 17.8 Å². The second kappa shape index (κ2) is 10.1. The molecule has 4 aromatic rings. The summed E-state index contributed by atoms with van der Waals surface area (Å²) in [6.07, 6.45) is 6.94. The van der Waals surface area contributed by atoms with Gasteiger partial charge in [-0.05, 0) is 31.7 Å². The van der Waals surface area contributed by atoms with E-state index in [2.05, 4.69) is 35.4 Å². The molecule has 2 aliphatic rings. The molecule has 0 aromatic carbocycles. The molecule has 0 spiro atoms. The summed E-state index contributed by atoms with van der Waals surface area (Å²) >= 11 is 1.15. The lowest BCUT2D eigenvalue weighted by Gasteiger charge is -2.21. The number of carbonyl (C=O) groups is 1. The number of nitrogens with zero attached hydrogens (tertiary/aromatic N) is 8. The van der Waals surface area contributed by atoms with Crippen LogP contribution < -0.4 is 10.2 Å². The van der Waals surface area contributed by atoms with Crippen LogP contribution in [0, 0.1) is 5.92 Å². The second-order valence-electron chi connectivity index (χ2n) is 9.97. The number of aromatic nitrogens is 7. The van der Waals surface area contributed by atoms with Crippen molar-refractivity contribution in [3.8, 4) is 16.5 Å². The van der Waals surface area contributed by atoms with E-state index in [1.165, 1.54) is 10.9 Å². The van der Waals surface area contributed by atoms with Crippen molar-refractivity contribution in [2.45, 2.75) is 51.2 Å². The Bertz CT molecular complexity index is 1480. The summed E-state index contributed by atoms with van der Waals surface area (Å²) < 4.78 is 42.4. The van der Waals surface area contributed by atoms with Crippen LogP contribution in [0.2, 0.25) is 0 Å². The predicted octanol–water partition coefficient (Wildman–Crippen LogP) is 4.91. The number of hydrogen-bond acceptors (Lipinski definition) is 8. The first kappa shape index (κ1) is 25.5. The molecule has 6 rings (SSSR count). The molecule has 39 heavy (non-hydrogen) atoms. The average molecular weight is 558 g/mol. The summed E-state index contributed by atoms with van der Waals surface area (Å²) in [4.78, 5) is 28.8. The fourth-order valence-corrected chi connectivity index (χ4v) is 5.35. The summed E-state index contributed by atoms with van der Waals surface area (Å²) in [5.41, 5.74) is 3.05. The van der Waals surface area contributed by atoms with Gasteiger partial charge in [0.15, 0.2) is 10.8 Å². The monoisotopic (exact) mass is 557 g/mol. The van der Waals surface area contributed by atoms with Gasteiger partial charge in [0.05, 0.1) is 35.5 Å². The Morgan fingerprint density at radius 1 is 1.18 bits per heavy atom. The zero-order chi connectivity index (χ0) is 27.1. The van der Waals surface area contributed by atoms with E-state index in [1.807, 2.05) is 10.8 Å². The van der Waals surface area contributed by atoms with E-state index in [0.29, 0.717) is 10.9 Å². The molecular formula is C25H26F3N9OS. The van der Waals surface area contributed by atoms with E-state index < -0.39 is 18.0 Å². The van der Waals surface area contributed by atoms with Crippen LogP contribution in [0.4, 0.5) is 24.7 Å². The van der Waals surface area contributed by atoms with Gasteiger partial charge in [0, 0.05) is 37.1 Å². The van der Waals surface area contributed by atoms with Crippen LogP contribution >= 0.6 is 11.3 Å². The minimum absolute atomic E-state index is 0.207.